The summed E-state index contributed by atoms with van der Waals surface area (Å²) in [5.74, 6) is 0.512. The van der Waals surface area contributed by atoms with Crippen molar-refractivity contribution in [2.75, 3.05) is 0 Å². The van der Waals surface area contributed by atoms with Crippen molar-refractivity contribution < 1.29 is 4.39 Å². The van der Waals surface area contributed by atoms with Crippen LogP contribution in [0.4, 0.5) is 4.39 Å². The van der Waals surface area contributed by atoms with E-state index in [1.807, 2.05) is 41.9 Å². The number of benzene rings is 2. The van der Waals surface area contributed by atoms with Crippen LogP contribution < -0.4 is 5.73 Å². The second-order valence-corrected chi connectivity index (χ2v) is 4.96. The van der Waals surface area contributed by atoms with E-state index in [1.54, 1.807) is 6.07 Å². The second kappa shape index (κ2) is 5.06. The Bertz CT molecular complexity index is 734. The Balaban J connectivity index is 1.95. The van der Waals surface area contributed by atoms with Crippen LogP contribution in [0.2, 0.25) is 0 Å². The zero-order chi connectivity index (χ0) is 14.1. The summed E-state index contributed by atoms with van der Waals surface area (Å²) in [5, 5.41) is 0. The van der Waals surface area contributed by atoms with Gasteiger partial charge in [-0.2, -0.15) is 0 Å². The van der Waals surface area contributed by atoms with E-state index in [-0.39, 0.29) is 11.9 Å². The van der Waals surface area contributed by atoms with Crippen LogP contribution in [0.1, 0.15) is 17.4 Å². The molecule has 102 valence electrons. The number of imidazole rings is 1. The van der Waals surface area contributed by atoms with Crippen LogP contribution in [0, 0.1) is 5.82 Å². The lowest BCUT2D eigenvalue weighted by Gasteiger charge is -2.11. The van der Waals surface area contributed by atoms with Crippen LogP contribution in [-0.2, 0) is 13.5 Å². The van der Waals surface area contributed by atoms with Crippen LogP contribution in [-0.4, -0.2) is 9.55 Å². The molecule has 3 aromatic rings. The van der Waals surface area contributed by atoms with Crippen LogP contribution in [0.5, 0.6) is 0 Å². The lowest BCUT2D eigenvalue weighted by atomic mass is 10.1. The molecular weight excluding hydrogens is 253 g/mol. The van der Waals surface area contributed by atoms with E-state index < -0.39 is 0 Å². The molecule has 3 rings (SSSR count). The average molecular weight is 269 g/mol. The Kier molecular flexibility index (Phi) is 3.24. The first-order valence-electron chi connectivity index (χ1n) is 6.56. The SMILES string of the molecule is Cn1c(C(N)Cc2ccccc2)nc2ccc(F)cc21. The molecule has 4 heteroatoms. The smallest absolute Gasteiger partial charge is 0.126 e. The van der Waals surface area contributed by atoms with Crippen LogP contribution in [0.3, 0.4) is 0 Å². The zero-order valence-corrected chi connectivity index (χ0v) is 11.3. The van der Waals surface area contributed by atoms with E-state index in [1.165, 1.54) is 17.7 Å². The molecule has 2 N–H and O–H groups in total. The maximum Gasteiger partial charge on any atom is 0.126 e. The molecule has 0 aliphatic rings. The molecule has 1 aromatic heterocycles. The van der Waals surface area contributed by atoms with Gasteiger partial charge in [0.05, 0.1) is 17.1 Å². The Morgan fingerprint density at radius 1 is 1.20 bits per heavy atom. The minimum atomic E-state index is -0.260. The van der Waals surface area contributed by atoms with Gasteiger partial charge in [0, 0.05) is 7.05 Å². The first kappa shape index (κ1) is 12.8. The van der Waals surface area contributed by atoms with Gasteiger partial charge >= 0.3 is 0 Å². The molecule has 3 nitrogen and oxygen atoms in total. The van der Waals surface area contributed by atoms with Gasteiger partial charge in [0.1, 0.15) is 11.6 Å². The van der Waals surface area contributed by atoms with E-state index in [2.05, 4.69) is 4.98 Å². The Morgan fingerprint density at radius 3 is 2.70 bits per heavy atom. The fourth-order valence-corrected chi connectivity index (χ4v) is 2.47. The van der Waals surface area contributed by atoms with E-state index >= 15 is 0 Å². The molecule has 2 aromatic carbocycles. The van der Waals surface area contributed by atoms with Gasteiger partial charge in [-0.25, -0.2) is 9.37 Å². The molecule has 1 atom stereocenters. The molecular formula is C16H16FN3. The Hall–Kier alpha value is -2.20. The van der Waals surface area contributed by atoms with Crippen LogP contribution in [0.15, 0.2) is 48.5 Å². The normalized spacial score (nSPS) is 12.8. The van der Waals surface area contributed by atoms with Gasteiger partial charge in [-0.05, 0) is 30.2 Å². The summed E-state index contributed by atoms with van der Waals surface area (Å²) >= 11 is 0. The number of rotatable bonds is 3. The predicted octanol–water partition coefficient (Wildman–Crippen LogP) is 2.95. The quantitative estimate of drug-likeness (QED) is 0.794. The number of nitrogens with zero attached hydrogens (tertiary/aromatic N) is 2. The third-order valence-corrected chi connectivity index (χ3v) is 3.51. The van der Waals surface area contributed by atoms with Gasteiger partial charge < -0.3 is 10.3 Å². The summed E-state index contributed by atoms with van der Waals surface area (Å²) in [4.78, 5) is 4.52. The molecule has 1 unspecified atom stereocenters. The summed E-state index contributed by atoms with van der Waals surface area (Å²) in [6.07, 6.45) is 0.709. The van der Waals surface area contributed by atoms with Crippen molar-refractivity contribution in [3.63, 3.8) is 0 Å². The topological polar surface area (TPSA) is 43.8 Å². The fourth-order valence-electron chi connectivity index (χ4n) is 2.47. The monoisotopic (exact) mass is 269 g/mol. The van der Waals surface area contributed by atoms with Gasteiger partial charge in [0.2, 0.25) is 0 Å². The molecule has 0 bridgehead atoms. The summed E-state index contributed by atoms with van der Waals surface area (Å²) in [5.41, 5.74) is 8.96. The molecule has 1 heterocycles. The van der Waals surface area contributed by atoms with Crippen molar-refractivity contribution in [2.24, 2.45) is 12.8 Å². The molecule has 0 spiro atoms. The van der Waals surface area contributed by atoms with E-state index in [9.17, 15) is 4.39 Å². The Labute approximate surface area is 116 Å². The number of nitrogens with two attached hydrogens (primary N) is 1. The van der Waals surface area contributed by atoms with E-state index in [0.29, 0.717) is 6.42 Å². The Morgan fingerprint density at radius 2 is 1.95 bits per heavy atom. The highest BCUT2D eigenvalue weighted by molar-refractivity contribution is 5.76. The standard InChI is InChI=1S/C16H16FN3/c1-20-15-10-12(17)7-8-14(15)19-16(20)13(18)9-11-5-3-2-4-6-11/h2-8,10,13H,9,18H2,1H3. The molecule has 0 amide bonds. The van der Waals surface area contributed by atoms with Gasteiger partial charge in [-0.15, -0.1) is 0 Å². The highest BCUT2D eigenvalue weighted by Gasteiger charge is 2.15. The number of hydrogen-bond acceptors (Lipinski definition) is 2. The van der Waals surface area contributed by atoms with Crippen molar-refractivity contribution in [2.45, 2.75) is 12.5 Å². The van der Waals surface area contributed by atoms with Gasteiger partial charge in [-0.3, -0.25) is 0 Å². The largest absolute Gasteiger partial charge is 0.330 e. The first-order valence-corrected chi connectivity index (χ1v) is 6.56. The van der Waals surface area contributed by atoms with Crippen LogP contribution >= 0.6 is 0 Å². The molecule has 0 fully saturated rings. The fraction of sp³-hybridized carbons (Fsp3) is 0.188. The summed E-state index contributed by atoms with van der Waals surface area (Å²) in [7, 11) is 1.87. The second-order valence-electron chi connectivity index (χ2n) is 4.96. The number of hydrogen-bond donors (Lipinski definition) is 1. The summed E-state index contributed by atoms with van der Waals surface area (Å²) in [6.45, 7) is 0. The third kappa shape index (κ3) is 2.30. The van der Waals surface area contributed by atoms with Gasteiger partial charge in [0.25, 0.3) is 0 Å². The van der Waals surface area contributed by atoms with Crippen molar-refractivity contribution in [1.82, 2.24) is 9.55 Å². The van der Waals surface area contributed by atoms with Crippen molar-refractivity contribution in [3.8, 4) is 0 Å². The lowest BCUT2D eigenvalue weighted by molar-refractivity contribution is 0.625. The van der Waals surface area contributed by atoms with E-state index in [4.69, 9.17) is 5.73 Å². The average Bonchev–Trinajstić information content (AvgIpc) is 2.77. The number of aryl methyl sites for hydroxylation is 1. The van der Waals surface area contributed by atoms with Gasteiger partial charge in [0.15, 0.2) is 0 Å². The highest BCUT2D eigenvalue weighted by Crippen LogP contribution is 2.21. The number of fused-ring (bicyclic) bond motifs is 1. The molecule has 20 heavy (non-hydrogen) atoms. The number of halogens is 1. The van der Waals surface area contributed by atoms with E-state index in [0.717, 1.165) is 16.9 Å². The van der Waals surface area contributed by atoms with Crippen LogP contribution in [0.25, 0.3) is 11.0 Å². The first-order chi connectivity index (χ1) is 9.65. The predicted molar refractivity (Wildman–Crippen MR) is 77.7 cm³/mol. The van der Waals surface area contributed by atoms with Crippen molar-refractivity contribution in [1.29, 1.82) is 0 Å². The van der Waals surface area contributed by atoms with Crippen molar-refractivity contribution in [3.05, 3.63) is 65.7 Å². The number of aromatic nitrogens is 2. The molecule has 0 saturated carbocycles. The maximum absolute atomic E-state index is 13.3. The molecule has 0 radical (unpaired) electrons. The maximum atomic E-state index is 13.3. The lowest BCUT2D eigenvalue weighted by Crippen LogP contribution is -2.17. The summed E-state index contributed by atoms with van der Waals surface area (Å²) < 4.78 is 15.2. The zero-order valence-electron chi connectivity index (χ0n) is 11.3. The molecule has 0 aliphatic heterocycles. The van der Waals surface area contributed by atoms with Crippen molar-refractivity contribution >= 4 is 11.0 Å². The summed E-state index contributed by atoms with van der Waals surface area (Å²) in [6, 6.07) is 14.4. The molecule has 0 saturated heterocycles. The highest BCUT2D eigenvalue weighted by atomic mass is 19.1. The third-order valence-electron chi connectivity index (χ3n) is 3.51. The van der Waals surface area contributed by atoms with Gasteiger partial charge in [-0.1, -0.05) is 30.3 Å². The molecule has 0 aliphatic carbocycles. The minimum absolute atomic E-state index is 0.210. The minimum Gasteiger partial charge on any atom is -0.330 e.